The summed E-state index contributed by atoms with van der Waals surface area (Å²) in [6.07, 6.45) is 0. The Hall–Kier alpha value is -1.02. The fraction of sp³-hybridized carbons (Fsp3) is 0.333. The second-order valence-electron chi connectivity index (χ2n) is 4.97. The minimum Gasteiger partial charge on any atom is -0.362 e. The van der Waals surface area contributed by atoms with E-state index in [4.69, 9.17) is 0 Å². The molecule has 0 fully saturated rings. The van der Waals surface area contributed by atoms with Crippen molar-refractivity contribution in [3.8, 4) is 0 Å². The molecule has 0 aliphatic heterocycles. The molecule has 1 aromatic heterocycles. The van der Waals surface area contributed by atoms with Crippen molar-refractivity contribution in [3.63, 3.8) is 0 Å². The highest BCUT2D eigenvalue weighted by Gasteiger charge is 2.18. The van der Waals surface area contributed by atoms with Crippen LogP contribution in [0.15, 0.2) is 24.3 Å². The standard InChI is InChI=1S/C12H17NSi/c1-9-6-5-7-11-10(9)8-12(13-11)14(2,3)4/h5-8,13H,1-4H3. The van der Waals surface area contributed by atoms with E-state index in [2.05, 4.69) is 55.8 Å². The number of hydrogen-bond donors (Lipinski definition) is 1. The number of aromatic nitrogens is 1. The quantitative estimate of drug-likeness (QED) is 0.686. The van der Waals surface area contributed by atoms with E-state index >= 15 is 0 Å². The van der Waals surface area contributed by atoms with Crippen molar-refractivity contribution < 1.29 is 0 Å². The fourth-order valence-electron chi connectivity index (χ4n) is 1.71. The van der Waals surface area contributed by atoms with Crippen molar-refractivity contribution in [1.29, 1.82) is 0 Å². The van der Waals surface area contributed by atoms with Crippen molar-refractivity contribution >= 4 is 24.3 Å². The number of nitrogens with one attached hydrogen (secondary N) is 1. The first-order valence-corrected chi connectivity index (χ1v) is 8.57. The van der Waals surface area contributed by atoms with Gasteiger partial charge in [-0.3, -0.25) is 0 Å². The molecule has 0 amide bonds. The first-order chi connectivity index (χ1) is 6.48. The molecule has 14 heavy (non-hydrogen) atoms. The summed E-state index contributed by atoms with van der Waals surface area (Å²) in [6.45, 7) is 9.28. The van der Waals surface area contributed by atoms with Crippen LogP contribution in [0.1, 0.15) is 5.56 Å². The molecule has 1 aromatic carbocycles. The van der Waals surface area contributed by atoms with Gasteiger partial charge in [-0.1, -0.05) is 31.8 Å². The molecular formula is C12H17NSi. The molecule has 0 unspecified atom stereocenters. The first-order valence-electron chi connectivity index (χ1n) is 5.07. The lowest BCUT2D eigenvalue weighted by Gasteiger charge is -2.12. The Morgan fingerprint density at radius 2 is 1.86 bits per heavy atom. The Bertz CT molecular complexity index is 463. The van der Waals surface area contributed by atoms with Gasteiger partial charge in [0.2, 0.25) is 0 Å². The van der Waals surface area contributed by atoms with Gasteiger partial charge in [0.15, 0.2) is 0 Å². The molecule has 0 atom stereocenters. The Morgan fingerprint density at radius 3 is 2.43 bits per heavy atom. The summed E-state index contributed by atoms with van der Waals surface area (Å²) < 4.78 is 0. The number of aromatic amines is 1. The predicted octanol–water partition coefficient (Wildman–Crippen LogP) is 3.02. The van der Waals surface area contributed by atoms with Gasteiger partial charge in [-0.25, -0.2) is 0 Å². The topological polar surface area (TPSA) is 15.8 Å². The number of H-pyrrole nitrogens is 1. The summed E-state index contributed by atoms with van der Waals surface area (Å²) in [5.41, 5.74) is 2.64. The van der Waals surface area contributed by atoms with Gasteiger partial charge in [0, 0.05) is 10.9 Å². The second kappa shape index (κ2) is 2.99. The number of fused-ring (bicyclic) bond motifs is 1. The number of aryl methyl sites for hydroxylation is 1. The third-order valence-electron chi connectivity index (χ3n) is 2.69. The third-order valence-corrected chi connectivity index (χ3v) is 4.58. The summed E-state index contributed by atoms with van der Waals surface area (Å²) >= 11 is 0. The molecule has 0 saturated carbocycles. The molecule has 2 aromatic rings. The van der Waals surface area contributed by atoms with Crippen LogP contribution in [0.2, 0.25) is 19.6 Å². The largest absolute Gasteiger partial charge is 0.362 e. The van der Waals surface area contributed by atoms with E-state index in [1.54, 1.807) is 0 Å². The van der Waals surface area contributed by atoms with Gasteiger partial charge in [0.1, 0.15) is 0 Å². The zero-order valence-corrected chi connectivity index (χ0v) is 10.3. The zero-order valence-electron chi connectivity index (χ0n) is 9.31. The van der Waals surface area contributed by atoms with Crippen LogP contribution in [0.4, 0.5) is 0 Å². The monoisotopic (exact) mass is 203 g/mol. The molecule has 0 aliphatic rings. The van der Waals surface area contributed by atoms with Gasteiger partial charge < -0.3 is 4.98 Å². The van der Waals surface area contributed by atoms with E-state index in [1.165, 1.54) is 21.8 Å². The molecule has 0 spiro atoms. The highest BCUT2D eigenvalue weighted by atomic mass is 28.3. The average Bonchev–Trinajstić information content (AvgIpc) is 2.48. The summed E-state index contributed by atoms with van der Waals surface area (Å²) in [5, 5.41) is 2.83. The molecule has 1 nitrogen and oxygen atoms in total. The lowest BCUT2D eigenvalue weighted by molar-refractivity contribution is 1.48. The smallest absolute Gasteiger partial charge is 0.0982 e. The van der Waals surface area contributed by atoms with Gasteiger partial charge in [-0.2, -0.15) is 0 Å². The molecule has 0 radical (unpaired) electrons. The minimum atomic E-state index is -1.19. The Labute approximate surface area is 86.2 Å². The van der Waals surface area contributed by atoms with Crippen LogP contribution in [0.5, 0.6) is 0 Å². The van der Waals surface area contributed by atoms with E-state index in [0.717, 1.165) is 0 Å². The third kappa shape index (κ3) is 1.50. The number of rotatable bonds is 1. The van der Waals surface area contributed by atoms with Crippen LogP contribution < -0.4 is 5.32 Å². The fourth-order valence-corrected chi connectivity index (χ4v) is 2.80. The molecule has 74 valence electrons. The SMILES string of the molecule is Cc1cccc2[nH]c([Si](C)(C)C)cc12. The normalized spacial score (nSPS) is 12.3. The number of benzene rings is 1. The van der Waals surface area contributed by atoms with Crippen molar-refractivity contribution in [1.82, 2.24) is 4.98 Å². The zero-order chi connectivity index (χ0) is 10.3. The molecule has 0 saturated heterocycles. The Kier molecular flexibility index (Phi) is 2.03. The Morgan fingerprint density at radius 1 is 1.14 bits per heavy atom. The highest BCUT2D eigenvalue weighted by molar-refractivity contribution is 6.88. The maximum Gasteiger partial charge on any atom is 0.0982 e. The molecule has 1 heterocycles. The van der Waals surface area contributed by atoms with Crippen molar-refractivity contribution in [2.75, 3.05) is 0 Å². The van der Waals surface area contributed by atoms with E-state index in [1.807, 2.05) is 0 Å². The average molecular weight is 203 g/mol. The Balaban J connectivity index is 2.69. The summed E-state index contributed by atoms with van der Waals surface area (Å²) in [4.78, 5) is 3.54. The van der Waals surface area contributed by atoms with Crippen molar-refractivity contribution in [2.24, 2.45) is 0 Å². The van der Waals surface area contributed by atoms with Gasteiger partial charge in [0.25, 0.3) is 0 Å². The highest BCUT2D eigenvalue weighted by Crippen LogP contribution is 2.17. The number of hydrogen-bond acceptors (Lipinski definition) is 0. The van der Waals surface area contributed by atoms with E-state index in [9.17, 15) is 0 Å². The van der Waals surface area contributed by atoms with E-state index in [-0.39, 0.29) is 0 Å². The van der Waals surface area contributed by atoms with Crippen LogP contribution in [0.25, 0.3) is 10.9 Å². The second-order valence-corrected chi connectivity index (χ2v) is 10.0. The molecule has 2 rings (SSSR count). The van der Waals surface area contributed by atoms with Crippen LogP contribution >= 0.6 is 0 Å². The lowest BCUT2D eigenvalue weighted by atomic mass is 10.1. The molecule has 0 bridgehead atoms. The molecule has 0 aliphatic carbocycles. The van der Waals surface area contributed by atoms with Crippen molar-refractivity contribution in [2.45, 2.75) is 26.6 Å². The van der Waals surface area contributed by atoms with Crippen LogP contribution in [-0.4, -0.2) is 13.1 Å². The van der Waals surface area contributed by atoms with E-state index < -0.39 is 8.07 Å². The maximum absolute atomic E-state index is 3.54. The minimum absolute atomic E-state index is 1.19. The molecular weight excluding hydrogens is 186 g/mol. The van der Waals surface area contributed by atoms with Crippen LogP contribution in [-0.2, 0) is 0 Å². The first kappa shape index (κ1) is 9.53. The van der Waals surface area contributed by atoms with Gasteiger partial charge >= 0.3 is 0 Å². The van der Waals surface area contributed by atoms with Gasteiger partial charge in [-0.05, 0) is 29.9 Å². The van der Waals surface area contributed by atoms with Crippen molar-refractivity contribution in [3.05, 3.63) is 29.8 Å². The van der Waals surface area contributed by atoms with Crippen LogP contribution in [0, 0.1) is 6.92 Å². The van der Waals surface area contributed by atoms with Gasteiger partial charge in [0.05, 0.1) is 8.07 Å². The summed E-state index contributed by atoms with van der Waals surface area (Å²) in [5.74, 6) is 0. The maximum atomic E-state index is 3.54. The summed E-state index contributed by atoms with van der Waals surface area (Å²) in [6, 6.07) is 8.77. The van der Waals surface area contributed by atoms with Crippen LogP contribution in [0.3, 0.4) is 0 Å². The lowest BCUT2D eigenvalue weighted by Crippen LogP contribution is -2.38. The summed E-state index contributed by atoms with van der Waals surface area (Å²) in [7, 11) is -1.19. The van der Waals surface area contributed by atoms with E-state index in [0.29, 0.717) is 0 Å². The molecule has 1 N–H and O–H groups in total. The predicted molar refractivity (Wildman–Crippen MR) is 66.0 cm³/mol. The molecule has 2 heteroatoms. The van der Waals surface area contributed by atoms with Gasteiger partial charge in [-0.15, -0.1) is 0 Å².